The molecule has 0 amide bonds. The Morgan fingerprint density at radius 2 is 1.69 bits per heavy atom. The standard InChI is InChI=1S/C14H15ClN/c1-14(2,16)9-10-7-8-13(15)12-6-4-3-5-11(10)12/h3-8,16H,9H2,1-2H3. The van der Waals surface area contributed by atoms with Crippen molar-refractivity contribution in [3.63, 3.8) is 0 Å². The van der Waals surface area contributed by atoms with E-state index >= 15 is 0 Å². The van der Waals surface area contributed by atoms with E-state index in [0.29, 0.717) is 0 Å². The van der Waals surface area contributed by atoms with Crippen molar-refractivity contribution >= 4 is 22.4 Å². The molecule has 0 atom stereocenters. The van der Waals surface area contributed by atoms with Crippen LogP contribution >= 0.6 is 11.6 Å². The van der Waals surface area contributed by atoms with Crippen molar-refractivity contribution in [3.05, 3.63) is 47.0 Å². The lowest BCUT2D eigenvalue weighted by Crippen LogP contribution is -2.24. The molecule has 2 aromatic rings. The van der Waals surface area contributed by atoms with Gasteiger partial charge in [-0.05, 0) is 37.3 Å². The van der Waals surface area contributed by atoms with Gasteiger partial charge >= 0.3 is 0 Å². The highest BCUT2D eigenvalue weighted by molar-refractivity contribution is 6.35. The van der Waals surface area contributed by atoms with Gasteiger partial charge in [-0.2, -0.15) is 0 Å². The van der Waals surface area contributed by atoms with E-state index in [-0.39, 0.29) is 0 Å². The van der Waals surface area contributed by atoms with Crippen molar-refractivity contribution in [1.82, 2.24) is 5.73 Å². The smallest absolute Gasteiger partial charge is 0.0484 e. The fraction of sp³-hybridized carbons (Fsp3) is 0.286. The minimum absolute atomic E-state index is 0.448. The molecule has 1 N–H and O–H groups in total. The first-order valence-electron chi connectivity index (χ1n) is 5.38. The van der Waals surface area contributed by atoms with Crippen LogP contribution in [0, 0.1) is 0 Å². The molecule has 0 saturated heterocycles. The Labute approximate surface area is 101 Å². The summed E-state index contributed by atoms with van der Waals surface area (Å²) in [6, 6.07) is 12.1. The number of fused-ring (bicyclic) bond motifs is 1. The minimum atomic E-state index is -0.448. The Balaban J connectivity index is 2.59. The fourth-order valence-corrected chi connectivity index (χ4v) is 2.18. The zero-order valence-corrected chi connectivity index (χ0v) is 10.3. The molecule has 0 aliphatic heterocycles. The summed E-state index contributed by atoms with van der Waals surface area (Å²) in [5.41, 5.74) is 8.71. The lowest BCUT2D eigenvalue weighted by Gasteiger charge is -2.18. The van der Waals surface area contributed by atoms with Gasteiger partial charge in [0.2, 0.25) is 0 Å². The van der Waals surface area contributed by atoms with Gasteiger partial charge in [0.15, 0.2) is 0 Å². The maximum absolute atomic E-state index is 7.97. The molecule has 0 spiro atoms. The summed E-state index contributed by atoms with van der Waals surface area (Å²) in [5.74, 6) is 0. The second-order valence-electron chi connectivity index (χ2n) is 4.81. The minimum Gasteiger partial charge on any atom is -0.251 e. The maximum atomic E-state index is 7.97. The average Bonchev–Trinajstić information content (AvgIpc) is 2.21. The van der Waals surface area contributed by atoms with Gasteiger partial charge in [-0.1, -0.05) is 41.9 Å². The van der Waals surface area contributed by atoms with Crippen molar-refractivity contribution in [1.29, 1.82) is 0 Å². The Kier molecular flexibility index (Phi) is 2.92. The molecule has 0 aliphatic carbocycles. The zero-order valence-electron chi connectivity index (χ0n) is 9.55. The first kappa shape index (κ1) is 11.4. The molecular weight excluding hydrogens is 218 g/mol. The lowest BCUT2D eigenvalue weighted by molar-refractivity contribution is 0.499. The van der Waals surface area contributed by atoms with E-state index in [2.05, 4.69) is 6.07 Å². The molecule has 0 bridgehead atoms. The van der Waals surface area contributed by atoms with Gasteiger partial charge in [0.05, 0.1) is 0 Å². The molecule has 0 unspecified atom stereocenters. The fourth-order valence-electron chi connectivity index (χ4n) is 1.95. The molecule has 2 aromatic carbocycles. The summed E-state index contributed by atoms with van der Waals surface area (Å²) in [6.07, 6.45) is 0.741. The van der Waals surface area contributed by atoms with Gasteiger partial charge in [0, 0.05) is 15.9 Å². The van der Waals surface area contributed by atoms with Crippen LogP contribution in [0.2, 0.25) is 5.02 Å². The zero-order chi connectivity index (χ0) is 11.8. The van der Waals surface area contributed by atoms with Crippen LogP contribution in [0.1, 0.15) is 19.4 Å². The Morgan fingerprint density at radius 1 is 1.06 bits per heavy atom. The van der Waals surface area contributed by atoms with E-state index < -0.39 is 5.54 Å². The van der Waals surface area contributed by atoms with Crippen LogP contribution in [0.15, 0.2) is 36.4 Å². The second-order valence-corrected chi connectivity index (χ2v) is 5.22. The van der Waals surface area contributed by atoms with Crippen molar-refractivity contribution < 1.29 is 0 Å². The van der Waals surface area contributed by atoms with E-state index in [1.165, 1.54) is 5.56 Å². The van der Waals surface area contributed by atoms with Crippen LogP contribution in [0.5, 0.6) is 0 Å². The molecule has 2 rings (SSSR count). The van der Waals surface area contributed by atoms with Crippen molar-refractivity contribution in [2.24, 2.45) is 0 Å². The Hall–Kier alpha value is -1.05. The molecule has 0 aromatic heterocycles. The van der Waals surface area contributed by atoms with Crippen LogP contribution in [0.3, 0.4) is 0 Å². The van der Waals surface area contributed by atoms with Gasteiger partial charge in [0.25, 0.3) is 0 Å². The summed E-state index contributed by atoms with van der Waals surface area (Å²) in [4.78, 5) is 0. The highest BCUT2D eigenvalue weighted by atomic mass is 35.5. The topological polar surface area (TPSA) is 23.8 Å². The van der Waals surface area contributed by atoms with Crippen LogP contribution in [-0.4, -0.2) is 5.54 Å². The van der Waals surface area contributed by atoms with Crippen molar-refractivity contribution in [2.45, 2.75) is 25.8 Å². The first-order chi connectivity index (χ1) is 7.47. The predicted octanol–water partition coefficient (Wildman–Crippen LogP) is 4.10. The molecule has 83 valence electrons. The van der Waals surface area contributed by atoms with Gasteiger partial charge in [-0.3, -0.25) is 5.73 Å². The average molecular weight is 233 g/mol. The third kappa shape index (κ3) is 2.37. The van der Waals surface area contributed by atoms with Crippen LogP contribution in [-0.2, 0) is 6.42 Å². The van der Waals surface area contributed by atoms with E-state index in [4.69, 9.17) is 17.3 Å². The van der Waals surface area contributed by atoms with Gasteiger partial charge in [-0.25, -0.2) is 0 Å². The predicted molar refractivity (Wildman–Crippen MR) is 69.8 cm³/mol. The SMILES string of the molecule is CC(C)([NH])Cc1ccc(Cl)c2ccccc12. The number of nitrogens with one attached hydrogen (secondary N) is 1. The number of rotatable bonds is 2. The van der Waals surface area contributed by atoms with Crippen molar-refractivity contribution in [2.75, 3.05) is 0 Å². The van der Waals surface area contributed by atoms with Gasteiger partial charge < -0.3 is 0 Å². The molecule has 0 saturated carbocycles. The molecule has 1 radical (unpaired) electrons. The largest absolute Gasteiger partial charge is 0.251 e. The first-order valence-corrected chi connectivity index (χ1v) is 5.76. The normalized spacial score (nSPS) is 12.0. The Bertz CT molecular complexity index is 512. The molecular formula is C14H15ClN. The van der Waals surface area contributed by atoms with Gasteiger partial charge in [0.1, 0.15) is 0 Å². The summed E-state index contributed by atoms with van der Waals surface area (Å²) in [7, 11) is 0. The highest BCUT2D eigenvalue weighted by Crippen LogP contribution is 2.28. The van der Waals surface area contributed by atoms with Crippen LogP contribution < -0.4 is 5.73 Å². The van der Waals surface area contributed by atoms with Crippen LogP contribution in [0.25, 0.3) is 10.8 Å². The number of hydrogen-bond donors (Lipinski definition) is 0. The monoisotopic (exact) mass is 232 g/mol. The summed E-state index contributed by atoms with van der Waals surface area (Å²) in [6.45, 7) is 3.85. The summed E-state index contributed by atoms with van der Waals surface area (Å²) in [5, 5.41) is 3.02. The molecule has 0 aliphatic rings. The third-order valence-electron chi connectivity index (χ3n) is 2.59. The van der Waals surface area contributed by atoms with E-state index in [0.717, 1.165) is 22.2 Å². The highest BCUT2D eigenvalue weighted by Gasteiger charge is 2.15. The number of benzene rings is 2. The summed E-state index contributed by atoms with van der Waals surface area (Å²) >= 11 is 6.15. The van der Waals surface area contributed by atoms with E-state index in [1.54, 1.807) is 0 Å². The number of hydrogen-bond acceptors (Lipinski definition) is 0. The lowest BCUT2D eigenvalue weighted by atomic mass is 9.92. The molecule has 2 heteroatoms. The van der Waals surface area contributed by atoms with E-state index in [9.17, 15) is 0 Å². The molecule has 16 heavy (non-hydrogen) atoms. The Morgan fingerprint density at radius 3 is 2.31 bits per heavy atom. The van der Waals surface area contributed by atoms with Crippen LogP contribution in [0.4, 0.5) is 0 Å². The maximum Gasteiger partial charge on any atom is 0.0484 e. The van der Waals surface area contributed by atoms with E-state index in [1.807, 2.05) is 44.2 Å². The quantitative estimate of drug-likeness (QED) is 0.745. The molecule has 0 heterocycles. The van der Waals surface area contributed by atoms with Gasteiger partial charge in [-0.15, -0.1) is 0 Å². The summed E-state index contributed by atoms with van der Waals surface area (Å²) < 4.78 is 0. The van der Waals surface area contributed by atoms with Crippen molar-refractivity contribution in [3.8, 4) is 0 Å². The third-order valence-corrected chi connectivity index (χ3v) is 2.92. The second kappa shape index (κ2) is 4.08. The number of halogens is 1. The molecule has 0 fully saturated rings. The molecule has 1 nitrogen and oxygen atoms in total.